The lowest BCUT2D eigenvalue weighted by molar-refractivity contribution is 0.0693. The maximum absolute atomic E-state index is 13.3. The summed E-state index contributed by atoms with van der Waals surface area (Å²) in [6.07, 6.45) is 0. The quantitative estimate of drug-likeness (QED) is 0.306. The molecule has 0 spiro atoms. The lowest BCUT2D eigenvalue weighted by Gasteiger charge is -2.26. The van der Waals surface area contributed by atoms with Crippen molar-refractivity contribution >= 4 is 34.5 Å². The van der Waals surface area contributed by atoms with E-state index in [-0.39, 0.29) is 16.9 Å². The van der Waals surface area contributed by atoms with E-state index in [1.54, 1.807) is 29.2 Å². The van der Waals surface area contributed by atoms with Gasteiger partial charge in [-0.15, -0.1) is 0 Å². The summed E-state index contributed by atoms with van der Waals surface area (Å²) in [5.41, 5.74) is 6.58. The largest absolute Gasteiger partial charge is 0.478 e. The summed E-state index contributed by atoms with van der Waals surface area (Å²) in [6.45, 7) is 4.10. The Hall–Kier alpha value is -4.38. The van der Waals surface area contributed by atoms with Gasteiger partial charge in [0.25, 0.3) is 0 Å². The van der Waals surface area contributed by atoms with Gasteiger partial charge in [-0.05, 0) is 80.6 Å². The zero-order valence-electron chi connectivity index (χ0n) is 20.3. The van der Waals surface area contributed by atoms with Gasteiger partial charge in [0.1, 0.15) is 0 Å². The molecule has 0 aliphatic carbocycles. The standard InChI is InChI=1S/C30H28N2O3/c1-20-5-11-23(12-6-20)32(24-13-7-21(2)8-14-24)25-15-9-22(10-16-25)29(33)27-18-17-26(31(3)4)19-28(27)30(34)35/h5-19H,1-4H3,(H,34,35). The number of rotatable bonds is 7. The van der Waals surface area contributed by atoms with Crippen molar-refractivity contribution in [3.8, 4) is 0 Å². The molecule has 5 heteroatoms. The van der Waals surface area contributed by atoms with Crippen molar-refractivity contribution in [1.29, 1.82) is 0 Å². The van der Waals surface area contributed by atoms with Crippen molar-refractivity contribution < 1.29 is 14.7 Å². The van der Waals surface area contributed by atoms with Crippen molar-refractivity contribution in [3.63, 3.8) is 0 Å². The van der Waals surface area contributed by atoms with Gasteiger partial charge in [0, 0.05) is 48.0 Å². The summed E-state index contributed by atoms with van der Waals surface area (Å²) >= 11 is 0. The van der Waals surface area contributed by atoms with Crippen LogP contribution in [0.1, 0.15) is 37.4 Å². The van der Waals surface area contributed by atoms with E-state index in [0.717, 1.165) is 22.7 Å². The zero-order valence-corrected chi connectivity index (χ0v) is 20.3. The summed E-state index contributed by atoms with van der Waals surface area (Å²) in [6, 6.07) is 28.7. The Bertz CT molecular complexity index is 1310. The minimum atomic E-state index is -1.13. The van der Waals surface area contributed by atoms with E-state index in [1.807, 2.05) is 26.2 Å². The van der Waals surface area contributed by atoms with Gasteiger partial charge < -0.3 is 14.9 Å². The summed E-state index contributed by atoms with van der Waals surface area (Å²) in [5.74, 6) is -1.45. The Balaban J connectivity index is 1.72. The van der Waals surface area contributed by atoms with Crippen LogP contribution in [-0.2, 0) is 0 Å². The highest BCUT2D eigenvalue weighted by Crippen LogP contribution is 2.35. The van der Waals surface area contributed by atoms with Crippen LogP contribution in [0.15, 0.2) is 91.0 Å². The Morgan fingerprint density at radius 3 is 1.46 bits per heavy atom. The Morgan fingerprint density at radius 2 is 1.03 bits per heavy atom. The van der Waals surface area contributed by atoms with E-state index in [2.05, 4.69) is 67.3 Å². The molecule has 0 aliphatic heterocycles. The summed E-state index contributed by atoms with van der Waals surface area (Å²) < 4.78 is 0. The fraction of sp³-hybridized carbons (Fsp3) is 0.133. The van der Waals surface area contributed by atoms with Crippen LogP contribution in [0, 0.1) is 13.8 Å². The van der Waals surface area contributed by atoms with Crippen LogP contribution in [0.2, 0.25) is 0 Å². The SMILES string of the molecule is Cc1ccc(N(c2ccc(C)cc2)c2ccc(C(=O)c3ccc(N(C)C)cc3C(=O)O)cc2)cc1. The second-order valence-electron chi connectivity index (χ2n) is 8.81. The van der Waals surface area contributed by atoms with Crippen molar-refractivity contribution in [2.45, 2.75) is 13.8 Å². The molecule has 5 nitrogen and oxygen atoms in total. The molecule has 0 saturated heterocycles. The molecule has 0 aliphatic rings. The lowest BCUT2D eigenvalue weighted by Crippen LogP contribution is -2.14. The number of nitrogens with zero attached hydrogens (tertiary/aromatic N) is 2. The first-order valence-corrected chi connectivity index (χ1v) is 11.4. The van der Waals surface area contributed by atoms with Crippen LogP contribution in [0.5, 0.6) is 0 Å². The summed E-state index contributed by atoms with van der Waals surface area (Å²) in [4.78, 5) is 29.1. The van der Waals surface area contributed by atoms with Gasteiger partial charge in [-0.3, -0.25) is 4.79 Å². The molecule has 0 unspecified atom stereocenters. The van der Waals surface area contributed by atoms with E-state index < -0.39 is 5.97 Å². The number of anilines is 4. The third kappa shape index (κ3) is 5.09. The Morgan fingerprint density at radius 1 is 0.600 bits per heavy atom. The minimum absolute atomic E-state index is 0.00814. The van der Waals surface area contributed by atoms with E-state index in [9.17, 15) is 14.7 Å². The van der Waals surface area contributed by atoms with Crippen LogP contribution in [0.3, 0.4) is 0 Å². The molecule has 35 heavy (non-hydrogen) atoms. The fourth-order valence-corrected chi connectivity index (χ4v) is 3.94. The Kier molecular flexibility index (Phi) is 6.69. The summed E-state index contributed by atoms with van der Waals surface area (Å²) in [7, 11) is 3.66. The lowest BCUT2D eigenvalue weighted by atomic mass is 9.97. The molecule has 0 saturated carbocycles. The molecule has 176 valence electrons. The monoisotopic (exact) mass is 464 g/mol. The third-order valence-corrected chi connectivity index (χ3v) is 5.97. The van der Waals surface area contributed by atoms with Gasteiger partial charge in [0.05, 0.1) is 5.56 Å². The number of aromatic carboxylic acids is 1. The minimum Gasteiger partial charge on any atom is -0.478 e. The first-order chi connectivity index (χ1) is 16.7. The number of carboxylic acids is 1. The first-order valence-electron chi connectivity index (χ1n) is 11.4. The molecule has 1 N–H and O–H groups in total. The molecule has 4 rings (SSSR count). The molecular formula is C30H28N2O3. The molecule has 4 aromatic carbocycles. The van der Waals surface area contributed by atoms with Crippen molar-refractivity contribution in [3.05, 3.63) is 119 Å². The van der Waals surface area contributed by atoms with Crippen LogP contribution >= 0.6 is 0 Å². The number of aryl methyl sites for hydroxylation is 2. The van der Waals surface area contributed by atoms with Crippen LogP contribution in [-0.4, -0.2) is 31.0 Å². The van der Waals surface area contributed by atoms with Crippen molar-refractivity contribution in [2.75, 3.05) is 23.9 Å². The van der Waals surface area contributed by atoms with E-state index in [0.29, 0.717) is 5.56 Å². The molecule has 0 atom stereocenters. The first kappa shape index (κ1) is 23.8. The fourth-order valence-electron chi connectivity index (χ4n) is 3.94. The predicted octanol–water partition coefficient (Wildman–Crippen LogP) is 6.77. The van der Waals surface area contributed by atoms with Gasteiger partial charge in [0.15, 0.2) is 5.78 Å². The maximum Gasteiger partial charge on any atom is 0.336 e. The highest BCUT2D eigenvalue weighted by molar-refractivity contribution is 6.14. The Labute approximate surface area is 205 Å². The van der Waals surface area contributed by atoms with E-state index in [1.165, 1.54) is 17.2 Å². The molecule has 0 radical (unpaired) electrons. The summed E-state index contributed by atoms with van der Waals surface area (Å²) in [5, 5.41) is 9.70. The number of benzene rings is 4. The normalized spacial score (nSPS) is 10.6. The molecular weight excluding hydrogens is 436 g/mol. The smallest absolute Gasteiger partial charge is 0.336 e. The highest BCUT2D eigenvalue weighted by Gasteiger charge is 2.20. The maximum atomic E-state index is 13.3. The van der Waals surface area contributed by atoms with Crippen molar-refractivity contribution in [2.24, 2.45) is 0 Å². The second-order valence-corrected chi connectivity index (χ2v) is 8.81. The van der Waals surface area contributed by atoms with Gasteiger partial charge in [-0.2, -0.15) is 0 Å². The third-order valence-electron chi connectivity index (χ3n) is 5.97. The predicted molar refractivity (Wildman–Crippen MR) is 142 cm³/mol. The van der Waals surface area contributed by atoms with Gasteiger partial charge >= 0.3 is 5.97 Å². The number of hydrogen-bond acceptors (Lipinski definition) is 4. The number of carboxylic acid groups (broad SMARTS) is 1. The molecule has 0 fully saturated rings. The molecule has 0 amide bonds. The van der Waals surface area contributed by atoms with Gasteiger partial charge in [0.2, 0.25) is 0 Å². The molecule has 0 heterocycles. The molecule has 0 aromatic heterocycles. The number of ketones is 1. The zero-order chi connectivity index (χ0) is 25.1. The topological polar surface area (TPSA) is 60.9 Å². The van der Waals surface area contributed by atoms with Crippen LogP contribution in [0.4, 0.5) is 22.7 Å². The number of carbonyl (C=O) groups is 2. The number of carbonyl (C=O) groups excluding carboxylic acids is 1. The average Bonchev–Trinajstić information content (AvgIpc) is 2.86. The van der Waals surface area contributed by atoms with Crippen molar-refractivity contribution in [1.82, 2.24) is 0 Å². The second kappa shape index (κ2) is 9.85. The van der Waals surface area contributed by atoms with E-state index in [4.69, 9.17) is 0 Å². The average molecular weight is 465 g/mol. The van der Waals surface area contributed by atoms with Gasteiger partial charge in [-0.1, -0.05) is 35.4 Å². The molecule has 0 bridgehead atoms. The van der Waals surface area contributed by atoms with Crippen LogP contribution < -0.4 is 9.80 Å². The van der Waals surface area contributed by atoms with E-state index >= 15 is 0 Å². The molecule has 4 aromatic rings. The van der Waals surface area contributed by atoms with Gasteiger partial charge in [-0.25, -0.2) is 4.79 Å². The number of hydrogen-bond donors (Lipinski definition) is 1. The highest BCUT2D eigenvalue weighted by atomic mass is 16.4. The van der Waals surface area contributed by atoms with Crippen LogP contribution in [0.25, 0.3) is 0 Å².